The molecule has 0 amide bonds. The predicted octanol–water partition coefficient (Wildman–Crippen LogP) is -0.800. The van der Waals surface area contributed by atoms with Crippen LogP contribution in [0.4, 0.5) is 0 Å². The minimum absolute atomic E-state index is 0.545. The summed E-state index contributed by atoms with van der Waals surface area (Å²) in [6.07, 6.45) is 2.60. The van der Waals surface area contributed by atoms with Gasteiger partial charge in [0, 0.05) is 12.1 Å². The van der Waals surface area contributed by atoms with Crippen LogP contribution in [-0.4, -0.2) is 18.6 Å². The normalized spacial score (nSPS) is 48.3. The molecule has 1 saturated carbocycles. The van der Waals surface area contributed by atoms with Crippen molar-refractivity contribution in [1.82, 2.24) is 10.7 Å². The highest BCUT2D eigenvalue weighted by atomic mass is 15.3. The summed E-state index contributed by atoms with van der Waals surface area (Å²) in [5.74, 6) is 6.23. The molecule has 1 saturated heterocycles. The molecule has 1 aliphatic carbocycles. The molecule has 3 nitrogen and oxygen atoms in total. The molecular weight excluding hydrogens is 114 g/mol. The second kappa shape index (κ2) is 1.94. The third-order valence-electron chi connectivity index (χ3n) is 2.54. The summed E-state index contributed by atoms with van der Waals surface area (Å²) in [6, 6.07) is 1.21. The average molecular weight is 127 g/mol. The van der Waals surface area contributed by atoms with Crippen molar-refractivity contribution >= 4 is 0 Å². The number of hydrogen-bond acceptors (Lipinski definition) is 3. The smallest absolute Gasteiger partial charge is 0.0367 e. The number of piperidine rings is 1. The van der Waals surface area contributed by atoms with Crippen molar-refractivity contribution in [3.05, 3.63) is 0 Å². The van der Waals surface area contributed by atoms with Gasteiger partial charge in [0.15, 0.2) is 0 Å². The summed E-state index contributed by atoms with van der Waals surface area (Å²) < 4.78 is 0. The van der Waals surface area contributed by atoms with Crippen LogP contribution in [0.25, 0.3) is 0 Å². The Hall–Kier alpha value is -0.120. The van der Waals surface area contributed by atoms with Gasteiger partial charge >= 0.3 is 0 Å². The molecule has 0 radical (unpaired) electrons. The average Bonchev–Trinajstić information content (AvgIpc) is 2.45. The SMILES string of the molecule is NNC1CC2CNC1C2. The van der Waals surface area contributed by atoms with E-state index < -0.39 is 0 Å². The van der Waals surface area contributed by atoms with Crippen molar-refractivity contribution in [3.63, 3.8) is 0 Å². The lowest BCUT2D eigenvalue weighted by Crippen LogP contribution is -2.48. The molecule has 3 unspecified atom stereocenters. The van der Waals surface area contributed by atoms with Gasteiger partial charge in [0.1, 0.15) is 0 Å². The molecule has 9 heavy (non-hydrogen) atoms. The molecule has 2 rings (SSSR count). The lowest BCUT2D eigenvalue weighted by Gasteiger charge is -2.21. The molecule has 0 aromatic rings. The molecule has 3 atom stereocenters. The fourth-order valence-electron chi connectivity index (χ4n) is 2.04. The Labute approximate surface area is 55.0 Å². The first-order chi connectivity index (χ1) is 4.40. The van der Waals surface area contributed by atoms with Crippen LogP contribution in [0.5, 0.6) is 0 Å². The van der Waals surface area contributed by atoms with Crippen LogP contribution in [0.3, 0.4) is 0 Å². The highest BCUT2D eigenvalue weighted by Crippen LogP contribution is 2.30. The molecule has 2 aliphatic rings. The summed E-state index contributed by atoms with van der Waals surface area (Å²) in [7, 11) is 0. The van der Waals surface area contributed by atoms with E-state index in [9.17, 15) is 0 Å². The zero-order chi connectivity index (χ0) is 6.27. The summed E-state index contributed by atoms with van der Waals surface area (Å²) in [5.41, 5.74) is 2.83. The van der Waals surface area contributed by atoms with Gasteiger partial charge in [-0.3, -0.25) is 11.3 Å². The number of rotatable bonds is 1. The fraction of sp³-hybridized carbons (Fsp3) is 1.00. The van der Waals surface area contributed by atoms with Gasteiger partial charge in [-0.25, -0.2) is 0 Å². The maximum atomic E-state index is 5.33. The lowest BCUT2D eigenvalue weighted by molar-refractivity contribution is 0.385. The number of nitrogens with two attached hydrogens (primary N) is 1. The zero-order valence-electron chi connectivity index (χ0n) is 5.43. The molecule has 3 heteroatoms. The number of fused-ring (bicyclic) bond motifs is 2. The van der Waals surface area contributed by atoms with Crippen LogP contribution in [0.15, 0.2) is 0 Å². The van der Waals surface area contributed by atoms with E-state index in [2.05, 4.69) is 10.7 Å². The van der Waals surface area contributed by atoms with E-state index in [0.717, 1.165) is 5.92 Å². The van der Waals surface area contributed by atoms with Crippen LogP contribution < -0.4 is 16.6 Å². The molecule has 2 fully saturated rings. The predicted molar refractivity (Wildman–Crippen MR) is 35.6 cm³/mol. The third-order valence-corrected chi connectivity index (χ3v) is 2.54. The Morgan fingerprint density at radius 1 is 1.44 bits per heavy atom. The number of nitrogens with one attached hydrogen (secondary N) is 2. The Bertz CT molecular complexity index is 115. The summed E-state index contributed by atoms with van der Waals surface area (Å²) >= 11 is 0. The third kappa shape index (κ3) is 0.764. The molecule has 1 heterocycles. The second-order valence-electron chi connectivity index (χ2n) is 3.13. The summed E-state index contributed by atoms with van der Waals surface area (Å²) in [4.78, 5) is 0. The maximum absolute atomic E-state index is 5.33. The molecule has 0 aromatic heterocycles. The largest absolute Gasteiger partial charge is 0.312 e. The van der Waals surface area contributed by atoms with Crippen molar-refractivity contribution in [1.29, 1.82) is 0 Å². The Morgan fingerprint density at radius 2 is 2.33 bits per heavy atom. The van der Waals surface area contributed by atoms with Gasteiger partial charge < -0.3 is 5.32 Å². The molecule has 52 valence electrons. The monoisotopic (exact) mass is 127 g/mol. The molecular formula is C6H13N3. The summed E-state index contributed by atoms with van der Waals surface area (Å²) in [5, 5.41) is 3.41. The molecule has 0 aromatic carbocycles. The zero-order valence-corrected chi connectivity index (χ0v) is 5.43. The van der Waals surface area contributed by atoms with Gasteiger partial charge in [0.2, 0.25) is 0 Å². The quantitative estimate of drug-likeness (QED) is 0.319. The Kier molecular flexibility index (Phi) is 1.22. The highest BCUT2D eigenvalue weighted by molar-refractivity contribution is 4.98. The van der Waals surface area contributed by atoms with Crippen LogP contribution in [-0.2, 0) is 0 Å². The van der Waals surface area contributed by atoms with Gasteiger partial charge in [-0.2, -0.15) is 0 Å². The number of hydrazine groups is 1. The summed E-state index contributed by atoms with van der Waals surface area (Å²) in [6.45, 7) is 1.21. The van der Waals surface area contributed by atoms with E-state index in [4.69, 9.17) is 5.84 Å². The van der Waals surface area contributed by atoms with Gasteiger partial charge in [-0.15, -0.1) is 0 Å². The van der Waals surface area contributed by atoms with Crippen molar-refractivity contribution < 1.29 is 0 Å². The first-order valence-corrected chi connectivity index (χ1v) is 3.59. The van der Waals surface area contributed by atoms with Gasteiger partial charge in [-0.05, 0) is 25.3 Å². The molecule has 0 spiro atoms. The molecule has 4 N–H and O–H groups in total. The van der Waals surface area contributed by atoms with E-state index in [1.54, 1.807) is 0 Å². The number of hydrogen-bond donors (Lipinski definition) is 3. The maximum Gasteiger partial charge on any atom is 0.0367 e. The van der Waals surface area contributed by atoms with Crippen molar-refractivity contribution in [2.75, 3.05) is 6.54 Å². The standard InChI is InChI=1S/C6H13N3/c7-9-6-2-4-1-5(6)8-3-4/h4-6,8-9H,1-3,7H2. The van der Waals surface area contributed by atoms with E-state index >= 15 is 0 Å². The lowest BCUT2D eigenvalue weighted by atomic mass is 10.1. The van der Waals surface area contributed by atoms with Gasteiger partial charge in [0.05, 0.1) is 0 Å². The minimum atomic E-state index is 0.545. The second-order valence-corrected chi connectivity index (χ2v) is 3.13. The van der Waals surface area contributed by atoms with E-state index in [1.165, 1.54) is 19.4 Å². The van der Waals surface area contributed by atoms with Crippen molar-refractivity contribution in [2.24, 2.45) is 11.8 Å². The van der Waals surface area contributed by atoms with Crippen LogP contribution in [0.2, 0.25) is 0 Å². The topological polar surface area (TPSA) is 50.1 Å². The minimum Gasteiger partial charge on any atom is -0.312 e. The first kappa shape index (κ1) is 5.65. The van der Waals surface area contributed by atoms with Crippen LogP contribution in [0, 0.1) is 5.92 Å². The van der Waals surface area contributed by atoms with Crippen LogP contribution >= 0.6 is 0 Å². The molecule has 1 aliphatic heterocycles. The highest BCUT2D eigenvalue weighted by Gasteiger charge is 2.38. The van der Waals surface area contributed by atoms with Gasteiger partial charge in [0.25, 0.3) is 0 Å². The van der Waals surface area contributed by atoms with E-state index in [1.807, 2.05) is 0 Å². The first-order valence-electron chi connectivity index (χ1n) is 3.59. The van der Waals surface area contributed by atoms with Crippen LogP contribution in [0.1, 0.15) is 12.8 Å². The Balaban J connectivity index is 2.01. The molecule has 2 bridgehead atoms. The van der Waals surface area contributed by atoms with Crippen molar-refractivity contribution in [3.8, 4) is 0 Å². The van der Waals surface area contributed by atoms with E-state index in [-0.39, 0.29) is 0 Å². The Morgan fingerprint density at radius 3 is 2.67 bits per heavy atom. The van der Waals surface area contributed by atoms with E-state index in [0.29, 0.717) is 12.1 Å². The van der Waals surface area contributed by atoms with Crippen molar-refractivity contribution in [2.45, 2.75) is 24.9 Å². The fourth-order valence-corrected chi connectivity index (χ4v) is 2.04. The van der Waals surface area contributed by atoms with Gasteiger partial charge in [-0.1, -0.05) is 0 Å².